The lowest BCUT2D eigenvalue weighted by Crippen LogP contribution is -3.16. The molecule has 0 spiro atoms. The lowest BCUT2D eigenvalue weighted by atomic mass is 10.2. The highest BCUT2D eigenvalue weighted by atomic mass is 16.5. The van der Waals surface area contributed by atoms with Gasteiger partial charge in [-0.15, -0.1) is 0 Å². The monoisotopic (exact) mass is 357 g/mol. The number of anilines is 1. The van der Waals surface area contributed by atoms with Crippen molar-refractivity contribution in [2.75, 3.05) is 51.3 Å². The molecule has 1 heterocycles. The van der Waals surface area contributed by atoms with Crippen LogP contribution in [0.1, 0.15) is 5.56 Å². The zero-order valence-corrected chi connectivity index (χ0v) is 15.6. The third kappa shape index (κ3) is 4.68. The highest BCUT2D eigenvalue weighted by molar-refractivity contribution is 5.58. The maximum absolute atomic E-state index is 10.3. The van der Waals surface area contributed by atoms with E-state index < -0.39 is 6.10 Å². The van der Waals surface area contributed by atoms with E-state index in [9.17, 15) is 5.11 Å². The Morgan fingerprint density at radius 2 is 1.69 bits per heavy atom. The second-order valence-corrected chi connectivity index (χ2v) is 6.84. The number of para-hydroxylation sites is 3. The molecule has 3 rings (SSSR count). The van der Waals surface area contributed by atoms with E-state index in [1.165, 1.54) is 4.90 Å². The third-order valence-corrected chi connectivity index (χ3v) is 4.95. The van der Waals surface area contributed by atoms with Crippen LogP contribution in [0.25, 0.3) is 0 Å². The number of hydrogen-bond acceptors (Lipinski definition) is 4. The van der Waals surface area contributed by atoms with E-state index in [-0.39, 0.29) is 0 Å². The number of methoxy groups -OCH3 is 1. The van der Waals surface area contributed by atoms with E-state index >= 15 is 0 Å². The molecule has 1 aliphatic rings. The van der Waals surface area contributed by atoms with Gasteiger partial charge in [0, 0.05) is 0 Å². The van der Waals surface area contributed by atoms with Gasteiger partial charge in [0.15, 0.2) is 0 Å². The fraction of sp³-hybridized carbons (Fsp3) is 0.429. The third-order valence-electron chi connectivity index (χ3n) is 4.95. The minimum absolute atomic E-state index is 0.338. The van der Waals surface area contributed by atoms with Crippen molar-refractivity contribution in [1.82, 2.24) is 0 Å². The topological polar surface area (TPSA) is 46.4 Å². The van der Waals surface area contributed by atoms with Gasteiger partial charge in [-0.05, 0) is 30.7 Å². The number of aliphatic hydroxyl groups excluding tert-OH is 1. The summed E-state index contributed by atoms with van der Waals surface area (Å²) in [6.45, 7) is 6.99. The lowest BCUT2D eigenvalue weighted by Gasteiger charge is -2.35. The minimum Gasteiger partial charge on any atom is -0.495 e. The van der Waals surface area contributed by atoms with Crippen LogP contribution in [0.15, 0.2) is 48.5 Å². The number of piperazine rings is 1. The zero-order chi connectivity index (χ0) is 18.4. The van der Waals surface area contributed by atoms with Crippen molar-refractivity contribution in [3.05, 3.63) is 54.1 Å². The van der Waals surface area contributed by atoms with Crippen molar-refractivity contribution in [1.29, 1.82) is 0 Å². The van der Waals surface area contributed by atoms with Gasteiger partial charge in [-0.25, -0.2) is 0 Å². The Labute approximate surface area is 155 Å². The van der Waals surface area contributed by atoms with E-state index in [2.05, 4.69) is 11.0 Å². The number of nitrogens with one attached hydrogen (secondary N) is 1. The van der Waals surface area contributed by atoms with Crippen LogP contribution in [-0.4, -0.2) is 57.7 Å². The molecule has 26 heavy (non-hydrogen) atoms. The molecular weight excluding hydrogens is 328 g/mol. The summed E-state index contributed by atoms with van der Waals surface area (Å²) in [7, 11) is 1.71. The van der Waals surface area contributed by atoms with Crippen LogP contribution in [-0.2, 0) is 0 Å². The van der Waals surface area contributed by atoms with Crippen LogP contribution in [0.4, 0.5) is 5.69 Å². The van der Waals surface area contributed by atoms with Crippen LogP contribution in [0.2, 0.25) is 0 Å². The highest BCUT2D eigenvalue weighted by Gasteiger charge is 2.24. The molecule has 0 aromatic heterocycles. The smallest absolute Gasteiger partial charge is 0.142 e. The lowest BCUT2D eigenvalue weighted by molar-refractivity contribution is -0.903. The fourth-order valence-corrected chi connectivity index (χ4v) is 3.46. The number of ether oxygens (including phenoxy) is 2. The number of aliphatic hydroxyl groups is 1. The first-order chi connectivity index (χ1) is 12.7. The van der Waals surface area contributed by atoms with Crippen molar-refractivity contribution < 1.29 is 19.5 Å². The predicted molar refractivity (Wildman–Crippen MR) is 103 cm³/mol. The molecule has 1 saturated heterocycles. The van der Waals surface area contributed by atoms with Crippen LogP contribution in [0.5, 0.6) is 11.5 Å². The Hall–Kier alpha value is -2.24. The second kappa shape index (κ2) is 8.92. The average Bonchev–Trinajstić information content (AvgIpc) is 2.68. The van der Waals surface area contributed by atoms with E-state index in [1.54, 1.807) is 7.11 Å². The van der Waals surface area contributed by atoms with Gasteiger partial charge < -0.3 is 24.4 Å². The molecule has 0 amide bonds. The predicted octanol–water partition coefficient (Wildman–Crippen LogP) is 1.15. The van der Waals surface area contributed by atoms with Crippen LogP contribution in [0, 0.1) is 6.92 Å². The summed E-state index contributed by atoms with van der Waals surface area (Å²) in [5.74, 6) is 1.77. The highest BCUT2D eigenvalue weighted by Crippen LogP contribution is 2.27. The van der Waals surface area contributed by atoms with Gasteiger partial charge in [0.1, 0.15) is 30.8 Å². The van der Waals surface area contributed by atoms with Gasteiger partial charge in [0.25, 0.3) is 0 Å². The first-order valence-corrected chi connectivity index (χ1v) is 9.25. The molecule has 0 unspecified atom stereocenters. The second-order valence-electron chi connectivity index (χ2n) is 6.84. The first kappa shape index (κ1) is 18.5. The number of quaternary nitrogens is 1. The van der Waals surface area contributed by atoms with Crippen molar-refractivity contribution in [3.8, 4) is 11.5 Å². The molecule has 0 saturated carbocycles. The molecule has 5 nitrogen and oxygen atoms in total. The molecule has 2 aromatic rings. The molecule has 1 aliphatic heterocycles. The number of aryl methyl sites for hydroxylation is 1. The van der Waals surface area contributed by atoms with Gasteiger partial charge in [-0.2, -0.15) is 0 Å². The maximum Gasteiger partial charge on any atom is 0.142 e. The number of hydrogen-bond donors (Lipinski definition) is 2. The van der Waals surface area contributed by atoms with Gasteiger partial charge in [-0.3, -0.25) is 0 Å². The number of benzene rings is 2. The Balaban J connectivity index is 1.45. The van der Waals surface area contributed by atoms with Crippen molar-refractivity contribution in [2.45, 2.75) is 13.0 Å². The summed E-state index contributed by atoms with van der Waals surface area (Å²) in [4.78, 5) is 3.77. The summed E-state index contributed by atoms with van der Waals surface area (Å²) >= 11 is 0. The van der Waals surface area contributed by atoms with Crippen LogP contribution < -0.4 is 19.3 Å². The quantitative estimate of drug-likeness (QED) is 0.780. The van der Waals surface area contributed by atoms with E-state index in [1.807, 2.05) is 49.4 Å². The number of rotatable bonds is 7. The Morgan fingerprint density at radius 1 is 1.04 bits per heavy atom. The fourth-order valence-electron chi connectivity index (χ4n) is 3.46. The molecule has 2 aromatic carbocycles. The van der Waals surface area contributed by atoms with Crippen LogP contribution >= 0.6 is 0 Å². The van der Waals surface area contributed by atoms with Crippen molar-refractivity contribution in [3.63, 3.8) is 0 Å². The van der Waals surface area contributed by atoms with E-state index in [0.717, 1.165) is 48.9 Å². The standard InChI is InChI=1S/C21H28N2O3/c1-17-7-3-5-9-20(17)26-16-18(24)15-22-11-13-23(14-12-22)19-8-4-6-10-21(19)25-2/h3-10,18,24H,11-16H2,1-2H3/p+1/t18-/m1/s1. The maximum atomic E-state index is 10.3. The van der Waals surface area contributed by atoms with Gasteiger partial charge in [0.05, 0.1) is 39.0 Å². The largest absolute Gasteiger partial charge is 0.495 e. The summed E-state index contributed by atoms with van der Waals surface area (Å²) in [6, 6.07) is 16.1. The zero-order valence-electron chi connectivity index (χ0n) is 15.6. The molecule has 0 aliphatic carbocycles. The number of nitrogens with zero attached hydrogens (tertiary/aromatic N) is 1. The summed E-state index contributed by atoms with van der Waals surface area (Å²) in [6.07, 6.45) is -0.456. The van der Waals surface area contributed by atoms with Crippen molar-refractivity contribution >= 4 is 5.69 Å². The summed E-state index contributed by atoms with van der Waals surface area (Å²) < 4.78 is 11.2. The van der Waals surface area contributed by atoms with E-state index in [0.29, 0.717) is 13.2 Å². The minimum atomic E-state index is -0.456. The molecule has 0 radical (unpaired) electrons. The first-order valence-electron chi connectivity index (χ1n) is 9.25. The molecule has 140 valence electrons. The van der Waals surface area contributed by atoms with Gasteiger partial charge >= 0.3 is 0 Å². The summed E-state index contributed by atoms with van der Waals surface area (Å²) in [5, 5.41) is 10.3. The Kier molecular flexibility index (Phi) is 6.36. The van der Waals surface area contributed by atoms with Gasteiger partial charge in [0.2, 0.25) is 0 Å². The molecule has 0 bridgehead atoms. The molecule has 1 fully saturated rings. The molecule has 1 atom stereocenters. The average molecular weight is 357 g/mol. The normalized spacial score (nSPS) is 16.3. The Morgan fingerprint density at radius 3 is 2.38 bits per heavy atom. The van der Waals surface area contributed by atoms with Gasteiger partial charge in [-0.1, -0.05) is 30.3 Å². The molecule has 5 heteroatoms. The van der Waals surface area contributed by atoms with Crippen molar-refractivity contribution in [2.24, 2.45) is 0 Å². The van der Waals surface area contributed by atoms with Crippen LogP contribution in [0.3, 0.4) is 0 Å². The molecular formula is C21H29N2O3+. The SMILES string of the molecule is COc1ccccc1N1CC[NH+](C[C@@H](O)COc2ccccc2C)CC1. The van der Waals surface area contributed by atoms with E-state index in [4.69, 9.17) is 9.47 Å². The summed E-state index contributed by atoms with van der Waals surface area (Å²) in [5.41, 5.74) is 2.25. The Bertz CT molecular complexity index is 699. The molecule has 2 N–H and O–H groups in total.